The van der Waals surface area contributed by atoms with Crippen LogP contribution in [0, 0.1) is 0 Å². The van der Waals surface area contributed by atoms with Crippen molar-refractivity contribution in [3.63, 3.8) is 0 Å². The Bertz CT molecular complexity index is 746. The SMILES string of the molecule is CC(C)Oc1ccc(/C=C/C(=O)c2ccc(N)cc2)c(OC(C)C)c1. The van der Waals surface area contributed by atoms with E-state index in [1.165, 1.54) is 6.08 Å². The monoisotopic (exact) mass is 339 g/mol. The first kappa shape index (κ1) is 18.6. The highest BCUT2D eigenvalue weighted by molar-refractivity contribution is 6.07. The van der Waals surface area contributed by atoms with E-state index in [1.807, 2.05) is 45.9 Å². The molecule has 0 bridgehead atoms. The van der Waals surface area contributed by atoms with Crippen molar-refractivity contribution < 1.29 is 14.3 Å². The number of anilines is 1. The van der Waals surface area contributed by atoms with E-state index in [-0.39, 0.29) is 18.0 Å². The fourth-order valence-electron chi connectivity index (χ4n) is 2.26. The minimum absolute atomic E-state index is 0.0225. The Kier molecular flexibility index (Phi) is 6.23. The number of allylic oxidation sites excluding steroid dienone is 1. The van der Waals surface area contributed by atoms with Gasteiger partial charge < -0.3 is 15.2 Å². The third-order valence-electron chi connectivity index (χ3n) is 3.33. The van der Waals surface area contributed by atoms with Crippen LogP contribution in [-0.4, -0.2) is 18.0 Å². The van der Waals surface area contributed by atoms with Crippen LogP contribution in [0.5, 0.6) is 11.5 Å². The first-order valence-corrected chi connectivity index (χ1v) is 8.40. The molecule has 0 heterocycles. The number of ether oxygens (including phenoxy) is 2. The van der Waals surface area contributed by atoms with Crippen LogP contribution in [0.1, 0.15) is 43.6 Å². The van der Waals surface area contributed by atoms with E-state index in [0.29, 0.717) is 17.0 Å². The number of nitrogens with two attached hydrogens (primary N) is 1. The Balaban J connectivity index is 2.24. The molecular weight excluding hydrogens is 314 g/mol. The van der Waals surface area contributed by atoms with Crippen LogP contribution in [0.2, 0.25) is 0 Å². The first-order valence-electron chi connectivity index (χ1n) is 8.40. The highest BCUT2D eigenvalue weighted by atomic mass is 16.5. The Morgan fingerprint density at radius 3 is 2.20 bits per heavy atom. The molecular formula is C21H25NO3. The van der Waals surface area contributed by atoms with Gasteiger partial charge in [-0.25, -0.2) is 0 Å². The highest BCUT2D eigenvalue weighted by Gasteiger charge is 2.08. The lowest BCUT2D eigenvalue weighted by Gasteiger charge is -2.16. The summed E-state index contributed by atoms with van der Waals surface area (Å²) >= 11 is 0. The molecule has 132 valence electrons. The van der Waals surface area contributed by atoms with Gasteiger partial charge in [0.2, 0.25) is 0 Å². The number of nitrogen functional groups attached to an aromatic ring is 1. The molecule has 0 saturated carbocycles. The smallest absolute Gasteiger partial charge is 0.185 e. The molecule has 2 aromatic rings. The van der Waals surface area contributed by atoms with Crippen molar-refractivity contribution in [2.45, 2.75) is 39.9 Å². The number of carbonyl (C=O) groups excluding carboxylic acids is 1. The largest absolute Gasteiger partial charge is 0.491 e. The quantitative estimate of drug-likeness (QED) is 0.450. The lowest BCUT2D eigenvalue weighted by Crippen LogP contribution is -2.09. The number of benzene rings is 2. The molecule has 0 aliphatic heterocycles. The normalized spacial score (nSPS) is 11.3. The van der Waals surface area contributed by atoms with Gasteiger partial charge in [-0.2, -0.15) is 0 Å². The molecule has 0 spiro atoms. The Hall–Kier alpha value is -2.75. The number of carbonyl (C=O) groups is 1. The van der Waals surface area contributed by atoms with Gasteiger partial charge in [-0.3, -0.25) is 4.79 Å². The van der Waals surface area contributed by atoms with Crippen molar-refractivity contribution in [3.8, 4) is 11.5 Å². The molecule has 0 fully saturated rings. The van der Waals surface area contributed by atoms with Gasteiger partial charge in [-0.05, 0) is 76.2 Å². The molecule has 4 nitrogen and oxygen atoms in total. The molecule has 0 aliphatic rings. The van der Waals surface area contributed by atoms with Crippen molar-refractivity contribution >= 4 is 17.5 Å². The van der Waals surface area contributed by atoms with Gasteiger partial charge in [0.1, 0.15) is 11.5 Å². The maximum Gasteiger partial charge on any atom is 0.185 e. The van der Waals surface area contributed by atoms with Gasteiger partial charge in [-0.15, -0.1) is 0 Å². The summed E-state index contributed by atoms with van der Waals surface area (Å²) in [6.45, 7) is 7.87. The zero-order valence-electron chi connectivity index (χ0n) is 15.2. The Morgan fingerprint density at radius 2 is 1.60 bits per heavy atom. The number of hydrogen-bond donors (Lipinski definition) is 1. The van der Waals surface area contributed by atoms with Gasteiger partial charge in [0.05, 0.1) is 12.2 Å². The summed E-state index contributed by atoms with van der Waals surface area (Å²) in [7, 11) is 0. The van der Waals surface area contributed by atoms with E-state index in [4.69, 9.17) is 15.2 Å². The summed E-state index contributed by atoms with van der Waals surface area (Å²) in [5.41, 5.74) is 7.70. The van der Waals surface area contributed by atoms with Crippen LogP contribution in [0.25, 0.3) is 6.08 Å². The van der Waals surface area contributed by atoms with Crippen LogP contribution >= 0.6 is 0 Å². The molecule has 4 heteroatoms. The molecule has 0 radical (unpaired) electrons. The molecule has 0 atom stereocenters. The molecule has 25 heavy (non-hydrogen) atoms. The van der Waals surface area contributed by atoms with Crippen LogP contribution in [0.3, 0.4) is 0 Å². The van der Waals surface area contributed by atoms with Crippen LogP contribution in [0.4, 0.5) is 5.69 Å². The second-order valence-corrected chi connectivity index (χ2v) is 6.35. The zero-order valence-corrected chi connectivity index (χ0v) is 15.2. The van der Waals surface area contributed by atoms with Crippen molar-refractivity contribution in [2.75, 3.05) is 5.73 Å². The maximum atomic E-state index is 12.3. The van der Waals surface area contributed by atoms with E-state index in [1.54, 1.807) is 30.3 Å². The van der Waals surface area contributed by atoms with E-state index in [2.05, 4.69) is 0 Å². The summed E-state index contributed by atoms with van der Waals surface area (Å²) in [6, 6.07) is 12.5. The van der Waals surface area contributed by atoms with Crippen LogP contribution < -0.4 is 15.2 Å². The van der Waals surface area contributed by atoms with Crippen molar-refractivity contribution in [3.05, 3.63) is 59.7 Å². The molecule has 2 rings (SSSR count). The minimum atomic E-state index is -0.0852. The fourth-order valence-corrected chi connectivity index (χ4v) is 2.26. The third-order valence-corrected chi connectivity index (χ3v) is 3.33. The Labute approximate surface area is 149 Å². The molecule has 2 N–H and O–H groups in total. The van der Waals surface area contributed by atoms with Gasteiger partial charge in [0, 0.05) is 22.9 Å². The number of ketones is 1. The lowest BCUT2D eigenvalue weighted by molar-refractivity contribution is 0.104. The van der Waals surface area contributed by atoms with Crippen molar-refractivity contribution in [2.24, 2.45) is 0 Å². The highest BCUT2D eigenvalue weighted by Crippen LogP contribution is 2.28. The first-order chi connectivity index (χ1) is 11.8. The van der Waals surface area contributed by atoms with E-state index < -0.39 is 0 Å². The molecule has 0 saturated heterocycles. The maximum absolute atomic E-state index is 12.3. The average molecular weight is 339 g/mol. The Morgan fingerprint density at radius 1 is 0.960 bits per heavy atom. The summed E-state index contributed by atoms with van der Waals surface area (Å²) in [5.74, 6) is 1.35. The van der Waals surface area contributed by atoms with E-state index in [9.17, 15) is 4.79 Å². The molecule has 0 amide bonds. The third kappa shape index (κ3) is 5.68. The number of hydrogen-bond acceptors (Lipinski definition) is 4. The number of rotatable bonds is 7. The van der Waals surface area contributed by atoms with Gasteiger partial charge in [0.25, 0.3) is 0 Å². The minimum Gasteiger partial charge on any atom is -0.491 e. The van der Waals surface area contributed by atoms with E-state index >= 15 is 0 Å². The van der Waals surface area contributed by atoms with Gasteiger partial charge in [0.15, 0.2) is 5.78 Å². The van der Waals surface area contributed by atoms with Crippen molar-refractivity contribution in [1.82, 2.24) is 0 Å². The zero-order chi connectivity index (χ0) is 18.4. The van der Waals surface area contributed by atoms with Crippen LogP contribution in [-0.2, 0) is 0 Å². The topological polar surface area (TPSA) is 61.5 Å². The predicted molar refractivity (Wildman–Crippen MR) is 102 cm³/mol. The van der Waals surface area contributed by atoms with Crippen molar-refractivity contribution in [1.29, 1.82) is 0 Å². The molecule has 0 aliphatic carbocycles. The summed E-state index contributed by atoms with van der Waals surface area (Å²) in [6.07, 6.45) is 3.40. The molecule has 0 unspecified atom stereocenters. The van der Waals surface area contributed by atoms with Gasteiger partial charge >= 0.3 is 0 Å². The lowest BCUT2D eigenvalue weighted by atomic mass is 10.1. The fraction of sp³-hybridized carbons (Fsp3) is 0.286. The summed E-state index contributed by atoms with van der Waals surface area (Å²) < 4.78 is 11.6. The average Bonchev–Trinajstić information content (AvgIpc) is 2.53. The second-order valence-electron chi connectivity index (χ2n) is 6.35. The second kappa shape index (κ2) is 8.38. The molecule has 0 aromatic heterocycles. The summed E-state index contributed by atoms with van der Waals surface area (Å²) in [4.78, 5) is 12.3. The summed E-state index contributed by atoms with van der Waals surface area (Å²) in [5, 5.41) is 0. The van der Waals surface area contributed by atoms with Crippen LogP contribution in [0.15, 0.2) is 48.5 Å². The standard InChI is InChI=1S/C21H25NO3/c1-14(2)24-19-11-7-17(21(13-19)25-15(3)4)8-12-20(23)16-5-9-18(22)10-6-16/h5-15H,22H2,1-4H3/b12-8+. The predicted octanol–water partition coefficient (Wildman–Crippen LogP) is 4.74. The van der Waals surface area contributed by atoms with Gasteiger partial charge in [-0.1, -0.05) is 0 Å². The molecule has 2 aromatic carbocycles. The van der Waals surface area contributed by atoms with E-state index in [0.717, 1.165) is 11.3 Å².